The van der Waals surface area contributed by atoms with Gasteiger partial charge in [-0.05, 0) is 46.8 Å². The summed E-state index contributed by atoms with van der Waals surface area (Å²) in [5, 5.41) is 15.8. The summed E-state index contributed by atoms with van der Waals surface area (Å²) in [6.07, 6.45) is 3.59. The fourth-order valence-electron chi connectivity index (χ4n) is 3.82. The van der Waals surface area contributed by atoms with Gasteiger partial charge >= 0.3 is 0 Å². The van der Waals surface area contributed by atoms with Crippen LogP contribution in [0.5, 0.6) is 0 Å². The minimum absolute atomic E-state index is 0.00256. The first-order valence-electron chi connectivity index (χ1n) is 10.5. The van der Waals surface area contributed by atoms with E-state index in [1.54, 1.807) is 12.4 Å². The monoisotopic (exact) mass is 473 g/mol. The first kappa shape index (κ1) is 21.8. The SMILES string of the molecule is Nc1nccc2cc(CNC(=O)c3oc(Cc4ccc5ncc(Cl)cc5c4)nc3CO)ccc12. The number of oxazole rings is 1. The molecule has 9 heteroatoms. The van der Waals surface area contributed by atoms with E-state index in [1.807, 2.05) is 48.5 Å². The number of pyridine rings is 2. The van der Waals surface area contributed by atoms with E-state index in [-0.39, 0.29) is 18.0 Å². The molecule has 5 aromatic rings. The van der Waals surface area contributed by atoms with E-state index < -0.39 is 12.5 Å². The summed E-state index contributed by atoms with van der Waals surface area (Å²) in [6, 6.07) is 15.1. The third kappa shape index (κ3) is 4.41. The van der Waals surface area contributed by atoms with Crippen molar-refractivity contribution in [3.05, 3.63) is 94.4 Å². The largest absolute Gasteiger partial charge is 0.435 e. The van der Waals surface area contributed by atoms with E-state index in [0.717, 1.165) is 32.8 Å². The van der Waals surface area contributed by atoms with Gasteiger partial charge in [-0.15, -0.1) is 0 Å². The summed E-state index contributed by atoms with van der Waals surface area (Å²) in [5.74, 6) is 0.335. The van der Waals surface area contributed by atoms with E-state index >= 15 is 0 Å². The zero-order valence-corrected chi connectivity index (χ0v) is 18.7. The van der Waals surface area contributed by atoms with Gasteiger partial charge in [0.25, 0.3) is 5.91 Å². The van der Waals surface area contributed by atoms with Crippen LogP contribution in [0.1, 0.15) is 33.3 Å². The van der Waals surface area contributed by atoms with Crippen molar-refractivity contribution in [3.8, 4) is 0 Å². The number of carbonyl (C=O) groups excluding carboxylic acids is 1. The molecule has 0 aliphatic heterocycles. The second-order valence-corrected chi connectivity index (χ2v) is 8.27. The van der Waals surface area contributed by atoms with Crippen LogP contribution >= 0.6 is 11.6 Å². The zero-order valence-electron chi connectivity index (χ0n) is 18.0. The fourth-order valence-corrected chi connectivity index (χ4v) is 3.99. The molecule has 0 aliphatic carbocycles. The van der Waals surface area contributed by atoms with Gasteiger partial charge < -0.3 is 20.6 Å². The van der Waals surface area contributed by atoms with Crippen molar-refractivity contribution in [1.29, 1.82) is 0 Å². The van der Waals surface area contributed by atoms with E-state index in [9.17, 15) is 9.90 Å². The van der Waals surface area contributed by atoms with Gasteiger partial charge in [0.05, 0.1) is 17.1 Å². The summed E-state index contributed by atoms with van der Waals surface area (Å²) >= 11 is 6.04. The molecule has 0 saturated heterocycles. The van der Waals surface area contributed by atoms with Crippen LogP contribution in [0.25, 0.3) is 21.7 Å². The number of rotatable bonds is 6. The predicted molar refractivity (Wildman–Crippen MR) is 129 cm³/mol. The number of hydrogen-bond donors (Lipinski definition) is 3. The minimum atomic E-state index is -0.452. The number of aliphatic hydroxyl groups is 1. The molecule has 3 aromatic heterocycles. The van der Waals surface area contributed by atoms with Crippen LogP contribution in [0.3, 0.4) is 0 Å². The molecule has 0 fully saturated rings. The Morgan fingerprint density at radius 1 is 1.06 bits per heavy atom. The standard InChI is InChI=1S/C25H20ClN5O3/c26-18-10-17-7-14(2-4-20(17)29-12-18)9-22-31-21(13-32)23(34-22)25(33)30-11-15-1-3-19-16(8-15)5-6-28-24(19)27/h1-8,10,12,32H,9,11,13H2,(H2,27,28)(H,30,33). The van der Waals surface area contributed by atoms with Crippen molar-refractivity contribution >= 4 is 45.0 Å². The molecule has 0 aliphatic rings. The number of fused-ring (bicyclic) bond motifs is 2. The van der Waals surface area contributed by atoms with Crippen LogP contribution < -0.4 is 11.1 Å². The number of benzene rings is 2. The molecule has 0 unspecified atom stereocenters. The Labute approximate surface area is 199 Å². The lowest BCUT2D eigenvalue weighted by Gasteiger charge is -2.07. The predicted octanol–water partition coefficient (Wildman–Crippen LogP) is 4.02. The molecule has 5 rings (SSSR count). The number of aliphatic hydroxyl groups excluding tert-OH is 1. The quantitative estimate of drug-likeness (QED) is 0.340. The summed E-state index contributed by atoms with van der Waals surface area (Å²) < 4.78 is 5.73. The molecule has 1 amide bonds. The molecule has 0 radical (unpaired) electrons. The maximum atomic E-state index is 12.8. The third-order valence-corrected chi connectivity index (χ3v) is 5.68. The van der Waals surface area contributed by atoms with E-state index in [0.29, 0.717) is 23.2 Å². The Balaban J connectivity index is 1.32. The average Bonchev–Trinajstić information content (AvgIpc) is 3.25. The number of nitrogen functional groups attached to an aromatic ring is 1. The van der Waals surface area contributed by atoms with E-state index in [4.69, 9.17) is 21.8 Å². The lowest BCUT2D eigenvalue weighted by atomic mass is 10.1. The number of amides is 1. The molecule has 0 bridgehead atoms. The first-order chi connectivity index (χ1) is 16.5. The maximum absolute atomic E-state index is 12.8. The number of nitrogens with one attached hydrogen (secondary N) is 1. The summed E-state index contributed by atoms with van der Waals surface area (Å²) in [7, 11) is 0. The van der Waals surface area contributed by atoms with Crippen LogP contribution in [0.2, 0.25) is 5.02 Å². The number of anilines is 1. The molecular formula is C25H20ClN5O3. The van der Waals surface area contributed by atoms with E-state index in [1.165, 1.54) is 0 Å². The topological polar surface area (TPSA) is 127 Å². The number of nitrogens with two attached hydrogens (primary N) is 1. The minimum Gasteiger partial charge on any atom is -0.435 e. The highest BCUT2D eigenvalue weighted by molar-refractivity contribution is 6.31. The molecule has 8 nitrogen and oxygen atoms in total. The summed E-state index contributed by atoms with van der Waals surface area (Å²) in [5.41, 5.74) is 8.71. The molecule has 0 atom stereocenters. The van der Waals surface area contributed by atoms with Crippen molar-refractivity contribution in [2.45, 2.75) is 19.6 Å². The van der Waals surface area contributed by atoms with Crippen LogP contribution in [0.4, 0.5) is 5.82 Å². The molecular weight excluding hydrogens is 454 g/mol. The smallest absolute Gasteiger partial charge is 0.289 e. The Kier molecular flexibility index (Phi) is 5.83. The second kappa shape index (κ2) is 9.09. The lowest BCUT2D eigenvalue weighted by Crippen LogP contribution is -2.23. The molecule has 170 valence electrons. The second-order valence-electron chi connectivity index (χ2n) is 7.83. The van der Waals surface area contributed by atoms with Crippen LogP contribution in [-0.2, 0) is 19.6 Å². The molecule has 0 spiro atoms. The number of hydrogen-bond acceptors (Lipinski definition) is 7. The van der Waals surface area contributed by atoms with Gasteiger partial charge in [-0.3, -0.25) is 9.78 Å². The first-order valence-corrected chi connectivity index (χ1v) is 10.9. The van der Waals surface area contributed by atoms with Crippen LogP contribution in [-0.4, -0.2) is 26.0 Å². The summed E-state index contributed by atoms with van der Waals surface area (Å²) in [4.78, 5) is 25.5. The van der Waals surface area contributed by atoms with Gasteiger partial charge in [0, 0.05) is 36.1 Å². The van der Waals surface area contributed by atoms with Crippen molar-refractivity contribution < 1.29 is 14.3 Å². The molecule has 0 saturated carbocycles. The number of carbonyl (C=O) groups is 1. The molecule has 34 heavy (non-hydrogen) atoms. The Morgan fingerprint density at radius 3 is 2.74 bits per heavy atom. The van der Waals surface area contributed by atoms with Crippen LogP contribution in [0, 0.1) is 0 Å². The normalized spacial score (nSPS) is 11.2. The van der Waals surface area contributed by atoms with Crippen molar-refractivity contribution in [3.63, 3.8) is 0 Å². The average molecular weight is 474 g/mol. The number of aromatic nitrogens is 3. The maximum Gasteiger partial charge on any atom is 0.289 e. The van der Waals surface area contributed by atoms with Gasteiger partial charge in [-0.25, -0.2) is 9.97 Å². The van der Waals surface area contributed by atoms with Gasteiger partial charge in [-0.2, -0.15) is 0 Å². The van der Waals surface area contributed by atoms with Gasteiger partial charge in [0.15, 0.2) is 5.89 Å². The van der Waals surface area contributed by atoms with Crippen molar-refractivity contribution in [2.24, 2.45) is 0 Å². The zero-order chi connectivity index (χ0) is 23.7. The summed E-state index contributed by atoms with van der Waals surface area (Å²) in [6.45, 7) is -0.137. The third-order valence-electron chi connectivity index (χ3n) is 5.48. The Bertz CT molecular complexity index is 1530. The fraction of sp³-hybridized carbons (Fsp3) is 0.120. The van der Waals surface area contributed by atoms with Crippen molar-refractivity contribution in [2.75, 3.05) is 5.73 Å². The van der Waals surface area contributed by atoms with Crippen LogP contribution in [0.15, 0.2) is 65.3 Å². The van der Waals surface area contributed by atoms with Gasteiger partial charge in [0.2, 0.25) is 5.76 Å². The molecule has 2 aromatic carbocycles. The highest BCUT2D eigenvalue weighted by atomic mass is 35.5. The van der Waals surface area contributed by atoms with Gasteiger partial charge in [0.1, 0.15) is 11.5 Å². The Hall–Kier alpha value is -4.01. The Morgan fingerprint density at radius 2 is 1.88 bits per heavy atom. The number of nitrogens with zero attached hydrogens (tertiary/aromatic N) is 3. The highest BCUT2D eigenvalue weighted by Crippen LogP contribution is 2.22. The molecule has 4 N–H and O–H groups in total. The lowest BCUT2D eigenvalue weighted by molar-refractivity contribution is 0.0917. The van der Waals surface area contributed by atoms with Crippen molar-refractivity contribution in [1.82, 2.24) is 20.3 Å². The van der Waals surface area contributed by atoms with E-state index in [2.05, 4.69) is 20.3 Å². The molecule has 3 heterocycles. The number of halogens is 1. The van der Waals surface area contributed by atoms with Gasteiger partial charge in [-0.1, -0.05) is 29.8 Å². The highest BCUT2D eigenvalue weighted by Gasteiger charge is 2.20.